The van der Waals surface area contributed by atoms with Crippen molar-refractivity contribution in [1.29, 1.82) is 0 Å². The van der Waals surface area contributed by atoms with E-state index in [0.717, 1.165) is 10.1 Å². The van der Waals surface area contributed by atoms with Crippen LogP contribution in [0.3, 0.4) is 0 Å². The SMILES string of the molecule is CSc1cc2scc(O)c2cc1C. The third-order valence-corrected chi connectivity index (χ3v) is 3.88. The summed E-state index contributed by atoms with van der Waals surface area (Å²) in [6.07, 6.45) is 2.07. The minimum Gasteiger partial charge on any atom is -0.506 e. The molecule has 0 unspecified atom stereocenters. The van der Waals surface area contributed by atoms with Crippen molar-refractivity contribution in [2.75, 3.05) is 6.26 Å². The lowest BCUT2D eigenvalue weighted by Gasteiger charge is -2.01. The van der Waals surface area contributed by atoms with Gasteiger partial charge >= 0.3 is 0 Å². The van der Waals surface area contributed by atoms with E-state index in [1.165, 1.54) is 10.5 Å². The molecule has 0 aliphatic rings. The first-order valence-electron chi connectivity index (χ1n) is 3.97. The highest BCUT2D eigenvalue weighted by molar-refractivity contribution is 7.98. The largest absolute Gasteiger partial charge is 0.506 e. The zero-order valence-electron chi connectivity index (χ0n) is 7.50. The average molecular weight is 210 g/mol. The third-order valence-electron chi connectivity index (χ3n) is 2.07. The second-order valence-corrected chi connectivity index (χ2v) is 4.70. The van der Waals surface area contributed by atoms with Crippen LogP contribution in [0, 0.1) is 6.92 Å². The molecule has 1 N–H and O–H groups in total. The monoisotopic (exact) mass is 210 g/mol. The predicted molar refractivity (Wildman–Crippen MR) is 60.0 cm³/mol. The van der Waals surface area contributed by atoms with E-state index >= 15 is 0 Å². The smallest absolute Gasteiger partial charge is 0.134 e. The van der Waals surface area contributed by atoms with Gasteiger partial charge in [0.2, 0.25) is 0 Å². The van der Waals surface area contributed by atoms with Crippen molar-refractivity contribution in [3.63, 3.8) is 0 Å². The second kappa shape index (κ2) is 3.24. The lowest BCUT2D eigenvalue weighted by atomic mass is 10.2. The Balaban J connectivity index is 2.76. The van der Waals surface area contributed by atoms with Gasteiger partial charge in [-0.15, -0.1) is 23.1 Å². The number of hydrogen-bond acceptors (Lipinski definition) is 3. The van der Waals surface area contributed by atoms with E-state index in [2.05, 4.69) is 19.2 Å². The lowest BCUT2D eigenvalue weighted by Crippen LogP contribution is -1.77. The van der Waals surface area contributed by atoms with Crippen molar-refractivity contribution in [3.05, 3.63) is 23.1 Å². The fourth-order valence-electron chi connectivity index (χ4n) is 1.37. The van der Waals surface area contributed by atoms with Gasteiger partial charge in [0, 0.05) is 20.4 Å². The average Bonchev–Trinajstić information content (AvgIpc) is 2.47. The molecule has 2 aromatic rings. The molecule has 0 saturated carbocycles. The molecular formula is C10H10OS2. The van der Waals surface area contributed by atoms with Gasteiger partial charge in [0.1, 0.15) is 5.75 Å². The van der Waals surface area contributed by atoms with Crippen LogP contribution in [0.25, 0.3) is 10.1 Å². The Morgan fingerprint density at radius 1 is 1.38 bits per heavy atom. The Hall–Kier alpha value is -0.670. The summed E-state index contributed by atoms with van der Waals surface area (Å²) in [5.41, 5.74) is 1.23. The molecule has 13 heavy (non-hydrogen) atoms. The van der Waals surface area contributed by atoms with Crippen LogP contribution >= 0.6 is 23.1 Å². The number of aryl methyl sites for hydroxylation is 1. The molecule has 2 rings (SSSR count). The number of benzene rings is 1. The number of rotatable bonds is 1. The maximum absolute atomic E-state index is 9.50. The molecule has 0 fully saturated rings. The highest BCUT2D eigenvalue weighted by atomic mass is 32.2. The molecule has 1 aromatic carbocycles. The van der Waals surface area contributed by atoms with Crippen LogP contribution < -0.4 is 0 Å². The topological polar surface area (TPSA) is 20.2 Å². The maximum Gasteiger partial charge on any atom is 0.134 e. The van der Waals surface area contributed by atoms with Crippen molar-refractivity contribution in [2.45, 2.75) is 11.8 Å². The summed E-state index contributed by atoms with van der Waals surface area (Å²) in [5.74, 6) is 0.399. The van der Waals surface area contributed by atoms with E-state index < -0.39 is 0 Å². The van der Waals surface area contributed by atoms with Gasteiger partial charge in [-0.3, -0.25) is 0 Å². The Kier molecular flexibility index (Phi) is 2.22. The normalized spacial score (nSPS) is 10.9. The van der Waals surface area contributed by atoms with Gasteiger partial charge in [0.25, 0.3) is 0 Å². The minimum absolute atomic E-state index is 0.399. The van der Waals surface area contributed by atoms with Crippen LogP contribution in [0.2, 0.25) is 0 Å². The first-order valence-corrected chi connectivity index (χ1v) is 6.07. The first-order chi connectivity index (χ1) is 6.22. The summed E-state index contributed by atoms with van der Waals surface area (Å²) in [6, 6.07) is 4.19. The van der Waals surface area contributed by atoms with Crippen molar-refractivity contribution in [2.24, 2.45) is 0 Å². The molecule has 0 spiro atoms. The lowest BCUT2D eigenvalue weighted by molar-refractivity contribution is 0.483. The Morgan fingerprint density at radius 3 is 2.85 bits per heavy atom. The summed E-state index contributed by atoms with van der Waals surface area (Å²) in [7, 11) is 0. The molecule has 0 radical (unpaired) electrons. The van der Waals surface area contributed by atoms with E-state index in [9.17, 15) is 5.11 Å². The zero-order chi connectivity index (χ0) is 9.42. The highest BCUT2D eigenvalue weighted by Gasteiger charge is 2.05. The van der Waals surface area contributed by atoms with Crippen molar-refractivity contribution in [1.82, 2.24) is 0 Å². The molecular weight excluding hydrogens is 200 g/mol. The molecule has 0 aliphatic heterocycles. The Labute approximate surface area is 85.4 Å². The molecule has 0 bridgehead atoms. The fraction of sp³-hybridized carbons (Fsp3) is 0.200. The van der Waals surface area contributed by atoms with Gasteiger partial charge < -0.3 is 5.11 Å². The summed E-state index contributed by atoms with van der Waals surface area (Å²) in [4.78, 5) is 1.29. The molecule has 1 heterocycles. The zero-order valence-corrected chi connectivity index (χ0v) is 9.13. The van der Waals surface area contributed by atoms with Crippen LogP contribution in [-0.4, -0.2) is 11.4 Å². The van der Waals surface area contributed by atoms with E-state index in [0.29, 0.717) is 5.75 Å². The van der Waals surface area contributed by atoms with E-state index in [1.807, 2.05) is 6.07 Å². The molecule has 3 heteroatoms. The molecule has 1 nitrogen and oxygen atoms in total. The van der Waals surface area contributed by atoms with Gasteiger partial charge in [-0.05, 0) is 30.9 Å². The highest BCUT2D eigenvalue weighted by Crippen LogP contribution is 2.35. The van der Waals surface area contributed by atoms with Crippen LogP contribution in [0.4, 0.5) is 0 Å². The number of thiophene rings is 1. The maximum atomic E-state index is 9.50. The fourth-order valence-corrected chi connectivity index (χ4v) is 2.90. The van der Waals surface area contributed by atoms with E-state index in [4.69, 9.17) is 0 Å². The van der Waals surface area contributed by atoms with Gasteiger partial charge in [-0.1, -0.05) is 0 Å². The number of thioether (sulfide) groups is 1. The van der Waals surface area contributed by atoms with Gasteiger partial charge in [0.15, 0.2) is 0 Å². The summed E-state index contributed by atoms with van der Waals surface area (Å²) < 4.78 is 1.16. The Bertz CT molecular complexity index is 445. The first kappa shape index (κ1) is 8.91. The molecule has 0 saturated heterocycles. The molecule has 0 aliphatic carbocycles. The number of aromatic hydroxyl groups is 1. The quantitative estimate of drug-likeness (QED) is 0.725. The summed E-state index contributed by atoms with van der Waals surface area (Å²) in [5, 5.41) is 12.3. The van der Waals surface area contributed by atoms with E-state index in [1.54, 1.807) is 28.5 Å². The minimum atomic E-state index is 0.399. The van der Waals surface area contributed by atoms with Crippen molar-refractivity contribution in [3.8, 4) is 5.75 Å². The summed E-state index contributed by atoms with van der Waals surface area (Å²) in [6.45, 7) is 2.07. The van der Waals surface area contributed by atoms with Crippen LogP contribution in [0.1, 0.15) is 5.56 Å². The molecule has 0 amide bonds. The number of fused-ring (bicyclic) bond motifs is 1. The van der Waals surface area contributed by atoms with Gasteiger partial charge in [0.05, 0.1) is 0 Å². The standard InChI is InChI=1S/C10H10OS2/c1-6-3-7-8(11)5-13-10(7)4-9(6)12-2/h3-5,11H,1-2H3. The van der Waals surface area contributed by atoms with E-state index in [-0.39, 0.29) is 0 Å². The van der Waals surface area contributed by atoms with Crippen LogP contribution in [0.5, 0.6) is 5.75 Å². The molecule has 1 aromatic heterocycles. The van der Waals surface area contributed by atoms with Gasteiger partial charge in [-0.2, -0.15) is 0 Å². The molecule has 0 atom stereocenters. The Morgan fingerprint density at radius 2 is 2.15 bits per heavy atom. The molecule has 68 valence electrons. The predicted octanol–water partition coefficient (Wildman–Crippen LogP) is 3.64. The van der Waals surface area contributed by atoms with Crippen molar-refractivity contribution >= 4 is 33.2 Å². The van der Waals surface area contributed by atoms with Gasteiger partial charge in [-0.25, -0.2) is 0 Å². The third kappa shape index (κ3) is 1.42. The van der Waals surface area contributed by atoms with Crippen molar-refractivity contribution < 1.29 is 5.11 Å². The summed E-state index contributed by atoms with van der Waals surface area (Å²) >= 11 is 3.33. The second-order valence-electron chi connectivity index (χ2n) is 2.94. The number of hydrogen-bond donors (Lipinski definition) is 1. The van der Waals surface area contributed by atoms with Crippen LogP contribution in [-0.2, 0) is 0 Å². The van der Waals surface area contributed by atoms with Crippen LogP contribution in [0.15, 0.2) is 22.4 Å².